The third kappa shape index (κ3) is 0.953. The molecule has 0 amide bonds. The van der Waals surface area contributed by atoms with Crippen LogP contribution in [0.3, 0.4) is 0 Å². The van der Waals surface area contributed by atoms with Gasteiger partial charge in [0.2, 0.25) is 11.5 Å². The van der Waals surface area contributed by atoms with Crippen LogP contribution >= 0.6 is 0 Å². The number of rotatable bonds is 1. The molecule has 1 aromatic carbocycles. The molecule has 0 unspecified atom stereocenters. The van der Waals surface area contributed by atoms with E-state index < -0.39 is 11.7 Å². The standard InChI is InChI=1S/C9H8O5/c1-13-5-3-2-4-6(10)9(12)14-8(4)7(5)11/h2-3,10-12H,1H3. The number of aromatic hydroxyl groups is 3. The zero-order valence-electron chi connectivity index (χ0n) is 7.31. The first kappa shape index (κ1) is 8.55. The predicted molar refractivity (Wildman–Crippen MR) is 47.8 cm³/mol. The van der Waals surface area contributed by atoms with E-state index in [2.05, 4.69) is 0 Å². The number of benzene rings is 1. The van der Waals surface area contributed by atoms with Gasteiger partial charge in [-0.25, -0.2) is 0 Å². The van der Waals surface area contributed by atoms with E-state index in [0.29, 0.717) is 0 Å². The minimum absolute atomic E-state index is 0.000602. The fourth-order valence-corrected chi connectivity index (χ4v) is 1.27. The summed E-state index contributed by atoms with van der Waals surface area (Å²) in [6, 6.07) is 2.94. The monoisotopic (exact) mass is 196 g/mol. The molecule has 0 atom stereocenters. The van der Waals surface area contributed by atoms with Crippen LogP contribution in [0.2, 0.25) is 0 Å². The van der Waals surface area contributed by atoms with Crippen molar-refractivity contribution in [3.8, 4) is 23.2 Å². The largest absolute Gasteiger partial charge is 0.502 e. The van der Waals surface area contributed by atoms with Crippen molar-refractivity contribution in [1.82, 2.24) is 0 Å². The number of furan rings is 1. The summed E-state index contributed by atoms with van der Waals surface area (Å²) < 4.78 is 9.58. The second-order valence-corrected chi connectivity index (χ2v) is 2.75. The second-order valence-electron chi connectivity index (χ2n) is 2.75. The van der Waals surface area contributed by atoms with Crippen LogP contribution in [0.4, 0.5) is 0 Å². The molecule has 0 fully saturated rings. The minimum atomic E-state index is -0.622. The molecule has 3 N–H and O–H groups in total. The lowest BCUT2D eigenvalue weighted by atomic mass is 10.2. The molecule has 14 heavy (non-hydrogen) atoms. The van der Waals surface area contributed by atoms with E-state index in [-0.39, 0.29) is 22.5 Å². The number of hydrogen-bond acceptors (Lipinski definition) is 5. The molecule has 5 heteroatoms. The highest BCUT2D eigenvalue weighted by molar-refractivity contribution is 5.92. The third-order valence-electron chi connectivity index (χ3n) is 1.97. The molecule has 0 saturated heterocycles. The fourth-order valence-electron chi connectivity index (χ4n) is 1.27. The Bertz CT molecular complexity index is 485. The van der Waals surface area contributed by atoms with E-state index in [4.69, 9.17) is 14.3 Å². The van der Waals surface area contributed by atoms with Crippen LogP contribution < -0.4 is 4.74 Å². The zero-order valence-corrected chi connectivity index (χ0v) is 7.31. The van der Waals surface area contributed by atoms with E-state index in [1.54, 1.807) is 0 Å². The molecule has 5 nitrogen and oxygen atoms in total. The van der Waals surface area contributed by atoms with Gasteiger partial charge in [0, 0.05) is 0 Å². The van der Waals surface area contributed by atoms with Gasteiger partial charge in [0.1, 0.15) is 0 Å². The van der Waals surface area contributed by atoms with E-state index in [0.717, 1.165) is 0 Å². The van der Waals surface area contributed by atoms with E-state index in [1.165, 1.54) is 19.2 Å². The van der Waals surface area contributed by atoms with Crippen LogP contribution in [0.1, 0.15) is 0 Å². The molecule has 2 rings (SSSR count). The molecule has 0 saturated carbocycles. The number of fused-ring (bicyclic) bond motifs is 1. The summed E-state index contributed by atoms with van der Waals surface area (Å²) in [7, 11) is 1.39. The maximum Gasteiger partial charge on any atom is 0.327 e. The fraction of sp³-hybridized carbons (Fsp3) is 0.111. The highest BCUT2D eigenvalue weighted by atomic mass is 16.5. The lowest BCUT2D eigenvalue weighted by Crippen LogP contribution is -1.82. The molecule has 0 bridgehead atoms. The molecule has 0 aliphatic carbocycles. The summed E-state index contributed by atoms with van der Waals surface area (Å²) >= 11 is 0. The Morgan fingerprint density at radius 3 is 2.50 bits per heavy atom. The van der Waals surface area contributed by atoms with Crippen molar-refractivity contribution in [2.24, 2.45) is 0 Å². The van der Waals surface area contributed by atoms with Crippen molar-refractivity contribution >= 4 is 11.0 Å². The first-order valence-electron chi connectivity index (χ1n) is 3.85. The molecule has 0 aliphatic heterocycles. The highest BCUT2D eigenvalue weighted by Crippen LogP contribution is 2.44. The Morgan fingerprint density at radius 2 is 1.86 bits per heavy atom. The van der Waals surface area contributed by atoms with Gasteiger partial charge in [-0.2, -0.15) is 0 Å². The van der Waals surface area contributed by atoms with Gasteiger partial charge in [-0.15, -0.1) is 0 Å². The van der Waals surface area contributed by atoms with Crippen molar-refractivity contribution in [2.45, 2.75) is 0 Å². The van der Waals surface area contributed by atoms with Gasteiger partial charge in [0.05, 0.1) is 12.5 Å². The Morgan fingerprint density at radius 1 is 1.14 bits per heavy atom. The van der Waals surface area contributed by atoms with Crippen LogP contribution in [0.5, 0.6) is 23.2 Å². The average Bonchev–Trinajstić information content (AvgIpc) is 2.46. The first-order valence-corrected chi connectivity index (χ1v) is 3.85. The lowest BCUT2D eigenvalue weighted by Gasteiger charge is -2.01. The quantitative estimate of drug-likeness (QED) is 0.644. The van der Waals surface area contributed by atoms with Crippen molar-refractivity contribution in [2.75, 3.05) is 7.11 Å². The summed E-state index contributed by atoms with van der Waals surface area (Å²) in [4.78, 5) is 0. The average molecular weight is 196 g/mol. The maximum absolute atomic E-state index is 9.55. The van der Waals surface area contributed by atoms with Crippen molar-refractivity contribution in [3.05, 3.63) is 12.1 Å². The number of hydrogen-bond donors (Lipinski definition) is 3. The number of phenols is 1. The zero-order chi connectivity index (χ0) is 10.3. The summed E-state index contributed by atoms with van der Waals surface area (Å²) in [6.07, 6.45) is 0. The minimum Gasteiger partial charge on any atom is -0.502 e. The number of methoxy groups -OCH3 is 1. The maximum atomic E-state index is 9.55. The lowest BCUT2D eigenvalue weighted by molar-refractivity contribution is 0.312. The van der Waals surface area contributed by atoms with Gasteiger partial charge in [-0.3, -0.25) is 0 Å². The molecular formula is C9H8O5. The molecule has 1 aromatic heterocycles. The molecule has 0 radical (unpaired) electrons. The number of phenolic OH excluding ortho intramolecular Hbond substituents is 1. The van der Waals surface area contributed by atoms with E-state index in [1.807, 2.05) is 0 Å². The summed E-state index contributed by atoms with van der Waals surface area (Å²) in [5.41, 5.74) is -0.000602. The molecule has 2 aromatic rings. The third-order valence-corrected chi connectivity index (χ3v) is 1.97. The van der Waals surface area contributed by atoms with Gasteiger partial charge < -0.3 is 24.5 Å². The molecule has 0 spiro atoms. The SMILES string of the molecule is COc1ccc2c(O)c(O)oc2c1O. The highest BCUT2D eigenvalue weighted by Gasteiger charge is 2.17. The smallest absolute Gasteiger partial charge is 0.327 e. The van der Waals surface area contributed by atoms with Crippen LogP contribution in [-0.2, 0) is 0 Å². The van der Waals surface area contributed by atoms with Crippen molar-refractivity contribution in [3.63, 3.8) is 0 Å². The van der Waals surface area contributed by atoms with Crippen molar-refractivity contribution < 1.29 is 24.5 Å². The molecular weight excluding hydrogens is 188 g/mol. The van der Waals surface area contributed by atoms with Gasteiger partial charge in [0.15, 0.2) is 11.3 Å². The second kappa shape index (κ2) is 2.73. The van der Waals surface area contributed by atoms with Crippen LogP contribution in [-0.4, -0.2) is 22.4 Å². The van der Waals surface area contributed by atoms with E-state index >= 15 is 0 Å². The van der Waals surface area contributed by atoms with Gasteiger partial charge in [-0.05, 0) is 12.1 Å². The molecule has 0 aliphatic rings. The first-order chi connectivity index (χ1) is 6.65. The molecule has 74 valence electrons. The summed E-state index contributed by atoms with van der Waals surface area (Å²) in [6.45, 7) is 0. The van der Waals surface area contributed by atoms with Gasteiger partial charge >= 0.3 is 5.95 Å². The Balaban J connectivity index is 2.83. The van der Waals surface area contributed by atoms with Crippen LogP contribution in [0.15, 0.2) is 16.5 Å². The van der Waals surface area contributed by atoms with Crippen molar-refractivity contribution in [1.29, 1.82) is 0 Å². The van der Waals surface area contributed by atoms with Gasteiger partial charge in [0.25, 0.3) is 0 Å². The van der Waals surface area contributed by atoms with E-state index in [9.17, 15) is 10.2 Å². The summed E-state index contributed by atoms with van der Waals surface area (Å²) in [5.74, 6) is -1.05. The predicted octanol–water partition coefficient (Wildman–Crippen LogP) is 1.56. The normalized spacial score (nSPS) is 10.6. The number of ether oxygens (including phenoxy) is 1. The molecule has 1 heterocycles. The Hall–Kier alpha value is -2.04. The summed E-state index contributed by atoms with van der Waals surface area (Å²) in [5, 5.41) is 28.1. The topological polar surface area (TPSA) is 83.1 Å². The van der Waals surface area contributed by atoms with Crippen LogP contribution in [0, 0.1) is 0 Å². The Kier molecular flexibility index (Phi) is 1.67. The Labute approximate surface area is 78.8 Å². The van der Waals surface area contributed by atoms with Crippen LogP contribution in [0.25, 0.3) is 11.0 Å². The van der Waals surface area contributed by atoms with Gasteiger partial charge in [-0.1, -0.05) is 0 Å².